The molecule has 0 amide bonds. The van der Waals surface area contributed by atoms with Gasteiger partial charge >= 0.3 is 0 Å². The van der Waals surface area contributed by atoms with Crippen molar-refractivity contribution in [1.29, 1.82) is 0 Å². The van der Waals surface area contributed by atoms with Crippen LogP contribution in [0.1, 0.15) is 16.8 Å². The molecule has 1 aromatic heterocycles. The van der Waals surface area contributed by atoms with Crippen LogP contribution in [0.3, 0.4) is 0 Å². The molecule has 0 saturated carbocycles. The van der Waals surface area contributed by atoms with Crippen LogP contribution in [0.4, 0.5) is 0 Å². The third-order valence-corrected chi connectivity index (χ3v) is 4.77. The van der Waals surface area contributed by atoms with Crippen molar-refractivity contribution < 1.29 is 0 Å². The lowest BCUT2D eigenvalue weighted by atomic mass is 10.1. The van der Waals surface area contributed by atoms with Gasteiger partial charge in [-0.2, -0.15) is 0 Å². The quantitative estimate of drug-likeness (QED) is 0.783. The van der Waals surface area contributed by atoms with E-state index in [0.29, 0.717) is 17.4 Å². The molecular formula is C20H18ClN3O. The predicted octanol–water partition coefficient (Wildman–Crippen LogP) is 3.65. The minimum absolute atomic E-state index is 0.0484. The first-order valence-corrected chi connectivity index (χ1v) is 8.71. The van der Waals surface area contributed by atoms with Gasteiger partial charge in [0.1, 0.15) is 5.82 Å². The molecular weight excluding hydrogens is 334 g/mol. The van der Waals surface area contributed by atoms with Crippen LogP contribution in [0.5, 0.6) is 0 Å². The Hall–Kier alpha value is -2.43. The zero-order valence-electron chi connectivity index (χ0n) is 13.7. The SMILES string of the molecule is O=c1[nH]c(-c2ccc(Cl)cc2)nc2c1CN(Cc1ccccc1)CC2. The third-order valence-electron chi connectivity index (χ3n) is 4.51. The van der Waals surface area contributed by atoms with E-state index >= 15 is 0 Å². The minimum Gasteiger partial charge on any atom is -0.306 e. The Bertz CT molecular complexity index is 935. The number of nitrogens with one attached hydrogen (secondary N) is 1. The Labute approximate surface area is 151 Å². The molecule has 0 fully saturated rings. The van der Waals surface area contributed by atoms with Crippen molar-refractivity contribution in [3.63, 3.8) is 0 Å². The van der Waals surface area contributed by atoms with Crippen LogP contribution in [0, 0.1) is 0 Å². The molecule has 2 heterocycles. The number of fused-ring (bicyclic) bond motifs is 1. The second-order valence-electron chi connectivity index (χ2n) is 6.29. The Kier molecular flexibility index (Phi) is 4.38. The van der Waals surface area contributed by atoms with E-state index in [9.17, 15) is 4.79 Å². The van der Waals surface area contributed by atoms with Crippen molar-refractivity contribution in [1.82, 2.24) is 14.9 Å². The minimum atomic E-state index is -0.0484. The maximum atomic E-state index is 12.6. The fraction of sp³-hybridized carbons (Fsp3) is 0.200. The average molecular weight is 352 g/mol. The number of H-pyrrole nitrogens is 1. The molecule has 4 rings (SSSR count). The number of hydrogen-bond donors (Lipinski definition) is 1. The first kappa shape index (κ1) is 16.1. The topological polar surface area (TPSA) is 49.0 Å². The number of rotatable bonds is 3. The fourth-order valence-corrected chi connectivity index (χ4v) is 3.33. The summed E-state index contributed by atoms with van der Waals surface area (Å²) in [6, 6.07) is 17.7. The Morgan fingerprint density at radius 2 is 1.84 bits per heavy atom. The van der Waals surface area contributed by atoms with Gasteiger partial charge < -0.3 is 4.98 Å². The van der Waals surface area contributed by atoms with Gasteiger partial charge in [-0.3, -0.25) is 9.69 Å². The summed E-state index contributed by atoms with van der Waals surface area (Å²) in [6.45, 7) is 2.38. The van der Waals surface area contributed by atoms with Crippen molar-refractivity contribution >= 4 is 11.6 Å². The average Bonchev–Trinajstić information content (AvgIpc) is 2.63. The van der Waals surface area contributed by atoms with E-state index in [0.717, 1.165) is 36.3 Å². The monoisotopic (exact) mass is 351 g/mol. The smallest absolute Gasteiger partial charge is 0.255 e. The van der Waals surface area contributed by atoms with Crippen molar-refractivity contribution in [3.05, 3.63) is 86.8 Å². The molecule has 0 bridgehead atoms. The van der Waals surface area contributed by atoms with Crippen LogP contribution in [0.15, 0.2) is 59.4 Å². The summed E-state index contributed by atoms with van der Waals surface area (Å²) < 4.78 is 0. The highest BCUT2D eigenvalue weighted by Gasteiger charge is 2.21. The zero-order chi connectivity index (χ0) is 17.2. The lowest BCUT2D eigenvalue weighted by molar-refractivity contribution is 0.242. The van der Waals surface area contributed by atoms with Gasteiger partial charge in [-0.25, -0.2) is 4.98 Å². The maximum Gasteiger partial charge on any atom is 0.255 e. The standard InChI is InChI=1S/C20H18ClN3O/c21-16-8-6-15(7-9-16)19-22-18-10-11-24(13-17(18)20(25)23-19)12-14-4-2-1-3-5-14/h1-9H,10-13H2,(H,22,23,25). The highest BCUT2D eigenvalue weighted by atomic mass is 35.5. The molecule has 4 nitrogen and oxygen atoms in total. The largest absolute Gasteiger partial charge is 0.306 e. The lowest BCUT2D eigenvalue weighted by Gasteiger charge is -2.27. The molecule has 1 N–H and O–H groups in total. The first-order chi connectivity index (χ1) is 12.2. The highest BCUT2D eigenvalue weighted by molar-refractivity contribution is 6.30. The summed E-state index contributed by atoms with van der Waals surface area (Å²) >= 11 is 5.93. The molecule has 0 spiro atoms. The first-order valence-electron chi connectivity index (χ1n) is 8.33. The summed E-state index contributed by atoms with van der Waals surface area (Å²) in [6.07, 6.45) is 0.784. The fourth-order valence-electron chi connectivity index (χ4n) is 3.20. The number of hydrogen-bond acceptors (Lipinski definition) is 3. The predicted molar refractivity (Wildman–Crippen MR) is 99.6 cm³/mol. The van der Waals surface area contributed by atoms with Gasteiger partial charge in [0.15, 0.2) is 0 Å². The van der Waals surface area contributed by atoms with Crippen molar-refractivity contribution in [2.24, 2.45) is 0 Å². The summed E-state index contributed by atoms with van der Waals surface area (Å²) in [5.41, 5.74) is 3.76. The van der Waals surface area contributed by atoms with Gasteiger partial charge in [-0.15, -0.1) is 0 Å². The Balaban J connectivity index is 1.59. The van der Waals surface area contributed by atoms with E-state index in [4.69, 9.17) is 16.6 Å². The van der Waals surface area contributed by atoms with Gasteiger partial charge in [-0.1, -0.05) is 41.9 Å². The van der Waals surface area contributed by atoms with Gasteiger partial charge in [0.05, 0.1) is 11.3 Å². The number of aromatic amines is 1. The summed E-state index contributed by atoms with van der Waals surface area (Å²) in [7, 11) is 0. The molecule has 0 unspecified atom stereocenters. The number of nitrogens with zero attached hydrogens (tertiary/aromatic N) is 2. The van der Waals surface area contributed by atoms with Crippen LogP contribution in [0.25, 0.3) is 11.4 Å². The van der Waals surface area contributed by atoms with E-state index in [2.05, 4.69) is 22.0 Å². The molecule has 0 saturated heterocycles. The molecule has 0 radical (unpaired) electrons. The number of aromatic nitrogens is 2. The van der Waals surface area contributed by atoms with E-state index in [1.807, 2.05) is 30.3 Å². The van der Waals surface area contributed by atoms with E-state index in [1.54, 1.807) is 12.1 Å². The Morgan fingerprint density at radius 3 is 2.60 bits per heavy atom. The number of benzene rings is 2. The maximum absolute atomic E-state index is 12.6. The van der Waals surface area contributed by atoms with Crippen molar-refractivity contribution in [3.8, 4) is 11.4 Å². The lowest BCUT2D eigenvalue weighted by Crippen LogP contribution is -2.35. The van der Waals surface area contributed by atoms with E-state index in [-0.39, 0.29) is 5.56 Å². The number of halogens is 1. The van der Waals surface area contributed by atoms with Crippen LogP contribution in [-0.4, -0.2) is 21.4 Å². The van der Waals surface area contributed by atoms with E-state index in [1.165, 1.54) is 5.56 Å². The molecule has 1 aliphatic rings. The molecule has 5 heteroatoms. The second kappa shape index (κ2) is 6.82. The zero-order valence-corrected chi connectivity index (χ0v) is 14.5. The van der Waals surface area contributed by atoms with Gasteiger partial charge in [0.2, 0.25) is 0 Å². The highest BCUT2D eigenvalue weighted by Crippen LogP contribution is 2.21. The van der Waals surface area contributed by atoms with Crippen LogP contribution in [0.2, 0.25) is 5.02 Å². The van der Waals surface area contributed by atoms with Crippen molar-refractivity contribution in [2.45, 2.75) is 19.5 Å². The molecule has 25 heavy (non-hydrogen) atoms. The van der Waals surface area contributed by atoms with Gasteiger partial charge in [0, 0.05) is 36.6 Å². The summed E-state index contributed by atoms with van der Waals surface area (Å²) in [5.74, 6) is 0.608. The van der Waals surface area contributed by atoms with Gasteiger partial charge in [-0.05, 0) is 29.8 Å². The Morgan fingerprint density at radius 1 is 1.08 bits per heavy atom. The molecule has 0 aliphatic carbocycles. The van der Waals surface area contributed by atoms with Crippen molar-refractivity contribution in [2.75, 3.05) is 6.54 Å². The van der Waals surface area contributed by atoms with Crippen LogP contribution >= 0.6 is 11.6 Å². The molecule has 2 aromatic carbocycles. The van der Waals surface area contributed by atoms with Gasteiger partial charge in [0.25, 0.3) is 5.56 Å². The molecule has 126 valence electrons. The van der Waals surface area contributed by atoms with Crippen LogP contribution in [-0.2, 0) is 19.5 Å². The summed E-state index contributed by atoms with van der Waals surface area (Å²) in [4.78, 5) is 22.5. The molecule has 1 aliphatic heterocycles. The molecule has 3 aromatic rings. The molecule has 0 atom stereocenters. The third kappa shape index (κ3) is 3.50. The van der Waals surface area contributed by atoms with Crippen LogP contribution < -0.4 is 5.56 Å². The van der Waals surface area contributed by atoms with E-state index < -0.39 is 0 Å². The second-order valence-corrected chi connectivity index (χ2v) is 6.73. The summed E-state index contributed by atoms with van der Waals surface area (Å²) in [5, 5.41) is 0.667. The normalized spacial score (nSPS) is 14.3.